The van der Waals surface area contributed by atoms with Crippen LogP contribution in [0.1, 0.15) is 26.7 Å². The van der Waals surface area contributed by atoms with Gasteiger partial charge in [0, 0.05) is 38.1 Å². The minimum Gasteiger partial charge on any atom is -0.379 e. The number of amides is 1. The Balaban J connectivity index is 1.71. The molecule has 0 spiro atoms. The van der Waals surface area contributed by atoms with Crippen molar-refractivity contribution in [2.45, 2.75) is 32.7 Å². The van der Waals surface area contributed by atoms with Gasteiger partial charge < -0.3 is 15.8 Å². The molecule has 0 bridgehead atoms. The molecule has 3 N–H and O–H groups in total. The Morgan fingerprint density at radius 1 is 1.25 bits per heavy atom. The molecule has 4 atom stereocenters. The molecule has 1 amide bonds. The summed E-state index contributed by atoms with van der Waals surface area (Å²) in [7, 11) is 0. The third kappa shape index (κ3) is 4.17. The summed E-state index contributed by atoms with van der Waals surface area (Å²) in [5, 5.41) is 3.09. The fourth-order valence-electron chi connectivity index (χ4n) is 3.34. The Kier molecular flexibility index (Phi) is 5.81. The van der Waals surface area contributed by atoms with Crippen molar-refractivity contribution in [2.24, 2.45) is 23.5 Å². The highest BCUT2D eigenvalue weighted by molar-refractivity contribution is 5.79. The van der Waals surface area contributed by atoms with E-state index < -0.39 is 0 Å². The van der Waals surface area contributed by atoms with E-state index in [-0.39, 0.29) is 17.9 Å². The van der Waals surface area contributed by atoms with Gasteiger partial charge in [-0.2, -0.15) is 0 Å². The van der Waals surface area contributed by atoms with E-state index in [4.69, 9.17) is 10.5 Å². The van der Waals surface area contributed by atoms with Crippen LogP contribution in [-0.2, 0) is 9.53 Å². The topological polar surface area (TPSA) is 67.6 Å². The van der Waals surface area contributed by atoms with Gasteiger partial charge in [0.15, 0.2) is 0 Å². The van der Waals surface area contributed by atoms with E-state index in [9.17, 15) is 4.79 Å². The standard InChI is InChI=1S/C15H29N3O2/c1-11-9-12(2)14(16)10-13(11)15(19)17-3-4-18-5-7-20-8-6-18/h11-14H,3-10,16H2,1-2H3,(H,17,19). The molecule has 1 aliphatic heterocycles. The van der Waals surface area contributed by atoms with Crippen LogP contribution >= 0.6 is 0 Å². The number of nitrogens with one attached hydrogen (secondary N) is 1. The molecule has 0 aromatic rings. The molecule has 1 heterocycles. The van der Waals surface area contributed by atoms with E-state index in [0.29, 0.717) is 11.8 Å². The SMILES string of the molecule is CC1CC(C)C(C(=O)NCCN2CCOCC2)CC1N. The maximum absolute atomic E-state index is 12.3. The Labute approximate surface area is 122 Å². The highest BCUT2D eigenvalue weighted by atomic mass is 16.5. The van der Waals surface area contributed by atoms with Gasteiger partial charge in [0.25, 0.3) is 0 Å². The smallest absolute Gasteiger partial charge is 0.223 e. The van der Waals surface area contributed by atoms with Crippen molar-refractivity contribution in [3.8, 4) is 0 Å². The van der Waals surface area contributed by atoms with E-state index in [1.807, 2.05) is 0 Å². The van der Waals surface area contributed by atoms with Crippen LogP contribution in [0.15, 0.2) is 0 Å². The predicted octanol–water partition coefficient (Wildman–Crippen LogP) is 0.444. The minimum atomic E-state index is 0.0888. The Morgan fingerprint density at radius 3 is 2.65 bits per heavy atom. The number of morpholine rings is 1. The quantitative estimate of drug-likeness (QED) is 0.786. The van der Waals surface area contributed by atoms with Crippen molar-refractivity contribution in [3.05, 3.63) is 0 Å². The Morgan fingerprint density at radius 2 is 1.95 bits per heavy atom. The van der Waals surface area contributed by atoms with Crippen LogP contribution in [0.3, 0.4) is 0 Å². The Bertz CT molecular complexity index is 318. The van der Waals surface area contributed by atoms with Gasteiger partial charge in [-0.3, -0.25) is 9.69 Å². The van der Waals surface area contributed by atoms with Crippen molar-refractivity contribution in [2.75, 3.05) is 39.4 Å². The summed E-state index contributed by atoms with van der Waals surface area (Å²) in [6.45, 7) is 9.56. The highest BCUT2D eigenvalue weighted by Crippen LogP contribution is 2.32. The number of ether oxygens (including phenoxy) is 1. The highest BCUT2D eigenvalue weighted by Gasteiger charge is 2.34. The molecule has 116 valence electrons. The molecule has 0 aromatic carbocycles. The van der Waals surface area contributed by atoms with Crippen LogP contribution in [0.25, 0.3) is 0 Å². The molecule has 5 heteroatoms. The van der Waals surface area contributed by atoms with Gasteiger partial charge in [-0.25, -0.2) is 0 Å². The van der Waals surface area contributed by atoms with Crippen molar-refractivity contribution in [1.29, 1.82) is 0 Å². The van der Waals surface area contributed by atoms with Crippen molar-refractivity contribution in [3.63, 3.8) is 0 Å². The number of hydrogen-bond donors (Lipinski definition) is 2. The number of rotatable bonds is 4. The summed E-state index contributed by atoms with van der Waals surface area (Å²) >= 11 is 0. The molecular weight excluding hydrogens is 254 g/mol. The number of nitrogens with zero attached hydrogens (tertiary/aromatic N) is 1. The van der Waals surface area contributed by atoms with Crippen LogP contribution in [0.4, 0.5) is 0 Å². The first kappa shape index (κ1) is 15.7. The van der Waals surface area contributed by atoms with Crippen LogP contribution in [-0.4, -0.2) is 56.2 Å². The van der Waals surface area contributed by atoms with Gasteiger partial charge >= 0.3 is 0 Å². The molecule has 5 nitrogen and oxygen atoms in total. The van der Waals surface area contributed by atoms with E-state index in [1.165, 1.54) is 0 Å². The summed E-state index contributed by atoms with van der Waals surface area (Å²) in [5.41, 5.74) is 6.11. The van der Waals surface area contributed by atoms with Crippen molar-refractivity contribution >= 4 is 5.91 Å². The lowest BCUT2D eigenvalue weighted by molar-refractivity contribution is -0.128. The summed E-state index contributed by atoms with van der Waals surface area (Å²) in [4.78, 5) is 14.6. The first-order valence-electron chi connectivity index (χ1n) is 7.91. The largest absolute Gasteiger partial charge is 0.379 e. The van der Waals surface area contributed by atoms with E-state index >= 15 is 0 Å². The normalized spacial score (nSPS) is 35.8. The summed E-state index contributed by atoms with van der Waals surface area (Å²) < 4.78 is 5.32. The van der Waals surface area contributed by atoms with Gasteiger partial charge in [0.2, 0.25) is 5.91 Å². The van der Waals surface area contributed by atoms with Gasteiger partial charge in [0.1, 0.15) is 0 Å². The predicted molar refractivity (Wildman–Crippen MR) is 79.3 cm³/mol. The third-order valence-electron chi connectivity index (χ3n) is 4.86. The molecule has 4 unspecified atom stereocenters. The monoisotopic (exact) mass is 283 g/mol. The lowest BCUT2D eigenvalue weighted by atomic mass is 9.72. The zero-order chi connectivity index (χ0) is 14.5. The maximum Gasteiger partial charge on any atom is 0.223 e. The van der Waals surface area contributed by atoms with Gasteiger partial charge in [-0.15, -0.1) is 0 Å². The average molecular weight is 283 g/mol. The van der Waals surface area contributed by atoms with E-state index in [1.54, 1.807) is 0 Å². The average Bonchev–Trinajstić information content (AvgIpc) is 2.44. The van der Waals surface area contributed by atoms with Crippen LogP contribution in [0, 0.1) is 17.8 Å². The third-order valence-corrected chi connectivity index (χ3v) is 4.86. The van der Waals surface area contributed by atoms with Crippen molar-refractivity contribution in [1.82, 2.24) is 10.2 Å². The molecule has 2 fully saturated rings. The van der Waals surface area contributed by atoms with Crippen LogP contribution in [0.5, 0.6) is 0 Å². The van der Waals surface area contributed by atoms with Crippen molar-refractivity contribution < 1.29 is 9.53 Å². The lowest BCUT2D eigenvalue weighted by Crippen LogP contribution is -2.47. The molecule has 0 aromatic heterocycles. The second-order valence-electron chi connectivity index (χ2n) is 6.44. The fraction of sp³-hybridized carbons (Fsp3) is 0.933. The van der Waals surface area contributed by atoms with E-state index in [0.717, 1.165) is 52.2 Å². The zero-order valence-electron chi connectivity index (χ0n) is 12.8. The minimum absolute atomic E-state index is 0.0888. The number of carbonyl (C=O) groups is 1. The fourth-order valence-corrected chi connectivity index (χ4v) is 3.34. The number of nitrogens with two attached hydrogens (primary N) is 1. The van der Waals surface area contributed by atoms with Gasteiger partial charge in [-0.1, -0.05) is 13.8 Å². The number of carbonyl (C=O) groups excluding carboxylic acids is 1. The van der Waals surface area contributed by atoms with Gasteiger partial charge in [0.05, 0.1) is 13.2 Å². The molecule has 2 rings (SSSR count). The molecule has 2 aliphatic rings. The second kappa shape index (κ2) is 7.38. The Hall–Kier alpha value is -0.650. The summed E-state index contributed by atoms with van der Waals surface area (Å²) in [6, 6.07) is 0.168. The lowest BCUT2D eigenvalue weighted by Gasteiger charge is -2.36. The molecule has 1 saturated heterocycles. The van der Waals surface area contributed by atoms with Gasteiger partial charge in [-0.05, 0) is 24.7 Å². The first-order valence-corrected chi connectivity index (χ1v) is 7.91. The zero-order valence-corrected chi connectivity index (χ0v) is 12.8. The summed E-state index contributed by atoms with van der Waals surface area (Å²) in [5.74, 6) is 1.24. The molecule has 0 radical (unpaired) electrons. The van der Waals surface area contributed by atoms with E-state index in [2.05, 4.69) is 24.1 Å². The molecular formula is C15H29N3O2. The van der Waals surface area contributed by atoms with Crippen LogP contribution in [0.2, 0.25) is 0 Å². The molecule has 1 saturated carbocycles. The van der Waals surface area contributed by atoms with Crippen LogP contribution < -0.4 is 11.1 Å². The molecule has 1 aliphatic carbocycles. The second-order valence-corrected chi connectivity index (χ2v) is 6.44. The maximum atomic E-state index is 12.3. The first-order chi connectivity index (χ1) is 9.58. The number of hydrogen-bond acceptors (Lipinski definition) is 4. The molecule has 20 heavy (non-hydrogen) atoms. The summed E-state index contributed by atoms with van der Waals surface area (Å²) in [6.07, 6.45) is 1.88.